The Labute approximate surface area is 101 Å². The highest BCUT2D eigenvalue weighted by Gasteiger charge is 2.37. The topological polar surface area (TPSA) is 46.2 Å². The molecule has 0 bridgehead atoms. The van der Waals surface area contributed by atoms with Gasteiger partial charge in [-0.25, -0.2) is 0 Å². The lowest BCUT2D eigenvalue weighted by Gasteiger charge is -2.39. The molecule has 0 amide bonds. The Balaban J connectivity index is 2.51. The Morgan fingerprint density at radius 1 is 1.38 bits per heavy atom. The minimum absolute atomic E-state index is 0.160. The van der Waals surface area contributed by atoms with E-state index in [4.69, 9.17) is 17.3 Å². The van der Waals surface area contributed by atoms with E-state index < -0.39 is 0 Å². The molecule has 2 nitrogen and oxygen atoms in total. The van der Waals surface area contributed by atoms with Crippen molar-refractivity contribution in [3.05, 3.63) is 28.3 Å². The standard InChI is InChI=1S/C13H18ClNO/c1-8(2)9-6-10(12(16)11(14)7-9)13(15)4-3-5-13/h6-8,16H,3-5,15H2,1-2H3. The van der Waals surface area contributed by atoms with E-state index in [0.29, 0.717) is 10.9 Å². The Kier molecular flexibility index (Phi) is 2.89. The fourth-order valence-electron chi connectivity index (χ4n) is 2.16. The van der Waals surface area contributed by atoms with Crippen molar-refractivity contribution in [3.8, 4) is 5.75 Å². The molecule has 0 aliphatic heterocycles. The van der Waals surface area contributed by atoms with Crippen LogP contribution < -0.4 is 5.73 Å². The van der Waals surface area contributed by atoms with Gasteiger partial charge in [0.15, 0.2) is 0 Å². The Hall–Kier alpha value is -0.730. The number of hydrogen-bond acceptors (Lipinski definition) is 2. The van der Waals surface area contributed by atoms with Gasteiger partial charge in [0.25, 0.3) is 0 Å². The lowest BCUT2D eigenvalue weighted by molar-refractivity contribution is 0.245. The second-order valence-electron chi connectivity index (χ2n) is 5.06. The summed E-state index contributed by atoms with van der Waals surface area (Å²) < 4.78 is 0. The van der Waals surface area contributed by atoms with E-state index in [9.17, 15) is 5.11 Å². The average molecular weight is 240 g/mol. The molecule has 0 spiro atoms. The molecule has 88 valence electrons. The molecular formula is C13H18ClNO. The number of aromatic hydroxyl groups is 1. The van der Waals surface area contributed by atoms with E-state index in [-0.39, 0.29) is 11.3 Å². The summed E-state index contributed by atoms with van der Waals surface area (Å²) in [5.41, 5.74) is 7.83. The van der Waals surface area contributed by atoms with Gasteiger partial charge in [-0.1, -0.05) is 25.4 Å². The van der Waals surface area contributed by atoms with Gasteiger partial charge < -0.3 is 10.8 Å². The smallest absolute Gasteiger partial charge is 0.139 e. The zero-order chi connectivity index (χ0) is 11.9. The molecule has 1 aliphatic rings. The SMILES string of the molecule is CC(C)c1cc(Cl)c(O)c(C2(N)CCC2)c1. The van der Waals surface area contributed by atoms with Crippen LogP contribution in [0.4, 0.5) is 0 Å². The number of nitrogens with two attached hydrogens (primary N) is 1. The van der Waals surface area contributed by atoms with Crippen molar-refractivity contribution in [1.82, 2.24) is 0 Å². The first-order valence-corrected chi connectivity index (χ1v) is 6.13. The van der Waals surface area contributed by atoms with Crippen molar-refractivity contribution in [1.29, 1.82) is 0 Å². The number of rotatable bonds is 2. The molecule has 1 fully saturated rings. The van der Waals surface area contributed by atoms with Gasteiger partial charge in [-0.05, 0) is 42.9 Å². The monoisotopic (exact) mass is 239 g/mol. The Morgan fingerprint density at radius 3 is 2.44 bits per heavy atom. The summed E-state index contributed by atoms with van der Waals surface area (Å²) in [6, 6.07) is 3.83. The molecule has 3 N–H and O–H groups in total. The van der Waals surface area contributed by atoms with Crippen LogP contribution in [0.25, 0.3) is 0 Å². The highest BCUT2D eigenvalue weighted by molar-refractivity contribution is 6.32. The molecule has 0 radical (unpaired) electrons. The van der Waals surface area contributed by atoms with Crippen molar-refractivity contribution >= 4 is 11.6 Å². The minimum atomic E-state index is -0.362. The molecule has 0 unspecified atom stereocenters. The molecule has 3 heteroatoms. The fraction of sp³-hybridized carbons (Fsp3) is 0.538. The van der Waals surface area contributed by atoms with Gasteiger partial charge in [-0.15, -0.1) is 0 Å². The van der Waals surface area contributed by atoms with Crippen LogP contribution in [0, 0.1) is 0 Å². The molecule has 0 atom stereocenters. The molecule has 1 aromatic rings. The normalized spacial score (nSPS) is 18.6. The third-order valence-electron chi connectivity index (χ3n) is 3.53. The maximum atomic E-state index is 9.99. The molecule has 1 aromatic carbocycles. The second kappa shape index (κ2) is 3.94. The van der Waals surface area contributed by atoms with Gasteiger partial charge in [0.05, 0.1) is 5.02 Å². The highest BCUT2D eigenvalue weighted by Crippen LogP contribution is 2.45. The summed E-state index contributed by atoms with van der Waals surface area (Å²) in [7, 11) is 0. The summed E-state index contributed by atoms with van der Waals surface area (Å²) in [5, 5.41) is 10.4. The first-order chi connectivity index (χ1) is 7.44. The average Bonchev–Trinajstić information content (AvgIpc) is 2.18. The molecule has 0 saturated heterocycles. The summed E-state index contributed by atoms with van der Waals surface area (Å²) >= 11 is 6.04. The first kappa shape index (κ1) is 11.7. The van der Waals surface area contributed by atoms with Crippen LogP contribution in [-0.4, -0.2) is 5.11 Å². The van der Waals surface area contributed by atoms with Gasteiger partial charge in [0.1, 0.15) is 5.75 Å². The lowest BCUT2D eigenvalue weighted by atomic mass is 9.72. The first-order valence-electron chi connectivity index (χ1n) is 5.76. The third kappa shape index (κ3) is 1.80. The Bertz CT molecular complexity index is 411. The predicted octanol–water partition coefficient (Wildman–Crippen LogP) is 3.51. The second-order valence-corrected chi connectivity index (χ2v) is 5.47. The molecule has 0 aromatic heterocycles. The van der Waals surface area contributed by atoms with E-state index in [0.717, 1.165) is 30.4 Å². The highest BCUT2D eigenvalue weighted by atomic mass is 35.5. The van der Waals surface area contributed by atoms with E-state index in [1.54, 1.807) is 0 Å². The van der Waals surface area contributed by atoms with E-state index >= 15 is 0 Å². The largest absolute Gasteiger partial charge is 0.506 e. The zero-order valence-electron chi connectivity index (χ0n) is 9.76. The number of benzene rings is 1. The van der Waals surface area contributed by atoms with Gasteiger partial charge in [0, 0.05) is 11.1 Å². The van der Waals surface area contributed by atoms with E-state index in [1.807, 2.05) is 12.1 Å². The van der Waals surface area contributed by atoms with Gasteiger partial charge in [-0.2, -0.15) is 0 Å². The molecular weight excluding hydrogens is 222 g/mol. The van der Waals surface area contributed by atoms with Crippen LogP contribution in [0.1, 0.15) is 50.2 Å². The quantitative estimate of drug-likeness (QED) is 0.830. The van der Waals surface area contributed by atoms with Gasteiger partial charge >= 0.3 is 0 Å². The number of phenols is 1. The maximum Gasteiger partial charge on any atom is 0.139 e. The molecule has 1 aliphatic carbocycles. The van der Waals surface area contributed by atoms with Crippen LogP contribution in [0.15, 0.2) is 12.1 Å². The number of hydrogen-bond donors (Lipinski definition) is 2. The summed E-state index contributed by atoms with van der Waals surface area (Å²) in [6.07, 6.45) is 2.98. The van der Waals surface area contributed by atoms with Gasteiger partial charge in [-0.3, -0.25) is 0 Å². The molecule has 1 saturated carbocycles. The molecule has 16 heavy (non-hydrogen) atoms. The predicted molar refractivity (Wildman–Crippen MR) is 66.9 cm³/mol. The summed E-state index contributed by atoms with van der Waals surface area (Å²) in [6.45, 7) is 4.22. The van der Waals surface area contributed by atoms with E-state index in [1.165, 1.54) is 0 Å². The van der Waals surface area contributed by atoms with Crippen molar-refractivity contribution in [3.63, 3.8) is 0 Å². The van der Waals surface area contributed by atoms with Crippen LogP contribution in [0.5, 0.6) is 5.75 Å². The van der Waals surface area contributed by atoms with E-state index in [2.05, 4.69) is 13.8 Å². The lowest BCUT2D eigenvalue weighted by Crippen LogP contribution is -2.43. The zero-order valence-corrected chi connectivity index (χ0v) is 10.5. The van der Waals surface area contributed by atoms with Crippen LogP contribution in [-0.2, 0) is 5.54 Å². The van der Waals surface area contributed by atoms with Crippen molar-refractivity contribution in [2.24, 2.45) is 5.73 Å². The summed E-state index contributed by atoms with van der Waals surface area (Å²) in [5.74, 6) is 0.550. The maximum absolute atomic E-state index is 9.99. The van der Waals surface area contributed by atoms with Crippen molar-refractivity contribution in [2.45, 2.75) is 44.6 Å². The summed E-state index contributed by atoms with van der Waals surface area (Å²) in [4.78, 5) is 0. The van der Waals surface area contributed by atoms with Gasteiger partial charge in [0.2, 0.25) is 0 Å². The molecule has 2 rings (SSSR count). The number of halogens is 1. The number of phenolic OH excluding ortho intramolecular Hbond substituents is 1. The minimum Gasteiger partial charge on any atom is -0.506 e. The molecule has 0 heterocycles. The van der Waals surface area contributed by atoms with Crippen LogP contribution >= 0.6 is 11.6 Å². The Morgan fingerprint density at radius 2 is 2.00 bits per heavy atom. The third-order valence-corrected chi connectivity index (χ3v) is 3.82. The van der Waals surface area contributed by atoms with Crippen molar-refractivity contribution in [2.75, 3.05) is 0 Å². The van der Waals surface area contributed by atoms with Crippen LogP contribution in [0.3, 0.4) is 0 Å². The fourth-order valence-corrected chi connectivity index (χ4v) is 2.39. The van der Waals surface area contributed by atoms with Crippen molar-refractivity contribution < 1.29 is 5.11 Å². The van der Waals surface area contributed by atoms with Crippen LogP contribution in [0.2, 0.25) is 5.02 Å².